The highest BCUT2D eigenvalue weighted by atomic mass is 16.5. The number of benzene rings is 1. The number of methoxy groups -OCH3 is 1. The molecule has 0 unspecified atom stereocenters. The van der Waals surface area contributed by atoms with Gasteiger partial charge in [0.05, 0.1) is 7.11 Å². The van der Waals surface area contributed by atoms with Crippen molar-refractivity contribution in [3.8, 4) is 5.75 Å². The van der Waals surface area contributed by atoms with Gasteiger partial charge in [-0.1, -0.05) is 12.1 Å². The van der Waals surface area contributed by atoms with Crippen molar-refractivity contribution in [3.05, 3.63) is 41.8 Å². The van der Waals surface area contributed by atoms with E-state index in [1.807, 2.05) is 30.3 Å². The lowest BCUT2D eigenvalue weighted by molar-refractivity contribution is 0.195. The fourth-order valence-electron chi connectivity index (χ4n) is 1.10. The minimum Gasteiger partial charge on any atom is -0.497 e. The predicted octanol–water partition coefficient (Wildman–Crippen LogP) is 2.14. The van der Waals surface area contributed by atoms with Gasteiger partial charge in [-0.2, -0.15) is 0 Å². The van der Waals surface area contributed by atoms with E-state index in [2.05, 4.69) is 4.99 Å². The normalized spacial score (nSPS) is 13.1. The van der Waals surface area contributed by atoms with E-state index in [1.54, 1.807) is 13.3 Å². The zero-order valence-corrected chi connectivity index (χ0v) is 7.93. The maximum absolute atomic E-state index is 5.36. The van der Waals surface area contributed by atoms with E-state index in [0.717, 1.165) is 11.3 Å². The molecule has 0 aromatic heterocycles. The zero-order chi connectivity index (χ0) is 9.80. The fraction of sp³-hybridized carbons (Fsp3) is 0.182. The Labute approximate surface area is 82.7 Å². The molecule has 0 radical (unpaired) electrons. The summed E-state index contributed by atoms with van der Waals surface area (Å²) in [5.74, 6) is 1.55. The number of allylic oxidation sites excluding steroid dienone is 1. The minimum atomic E-state index is 0.549. The Hall–Kier alpha value is -1.77. The lowest BCUT2D eigenvalue weighted by Gasteiger charge is -2.09. The molecule has 0 saturated carbocycles. The molecular weight excluding hydrogens is 178 g/mol. The van der Waals surface area contributed by atoms with Crippen molar-refractivity contribution in [2.75, 3.05) is 7.11 Å². The topological polar surface area (TPSA) is 30.8 Å². The van der Waals surface area contributed by atoms with Crippen molar-refractivity contribution < 1.29 is 9.47 Å². The molecule has 3 nitrogen and oxygen atoms in total. The zero-order valence-electron chi connectivity index (χ0n) is 7.93. The number of nitrogens with zero attached hydrogens (tertiary/aromatic N) is 1. The van der Waals surface area contributed by atoms with E-state index in [0.29, 0.717) is 12.5 Å². The average Bonchev–Trinajstić information content (AvgIpc) is 2.16. The standard InChI is InChI=1S/C11H11NO2/c1-13-10-4-2-9(3-5-10)8-14-11-6-7-12-11/h2-7H,8H2,1H3. The lowest BCUT2D eigenvalue weighted by atomic mass is 10.2. The molecule has 0 atom stereocenters. The van der Waals surface area contributed by atoms with E-state index < -0.39 is 0 Å². The number of ether oxygens (including phenoxy) is 2. The van der Waals surface area contributed by atoms with Crippen LogP contribution in [0.5, 0.6) is 5.75 Å². The molecule has 0 saturated heterocycles. The molecule has 1 aliphatic heterocycles. The van der Waals surface area contributed by atoms with Crippen LogP contribution in [-0.2, 0) is 11.3 Å². The molecule has 1 aliphatic rings. The van der Waals surface area contributed by atoms with E-state index >= 15 is 0 Å². The molecule has 0 aliphatic carbocycles. The van der Waals surface area contributed by atoms with Crippen molar-refractivity contribution in [3.63, 3.8) is 0 Å². The Bertz CT molecular complexity index is 365. The van der Waals surface area contributed by atoms with Gasteiger partial charge in [0, 0.05) is 12.3 Å². The van der Waals surface area contributed by atoms with Crippen LogP contribution >= 0.6 is 0 Å². The average molecular weight is 189 g/mol. The van der Waals surface area contributed by atoms with Gasteiger partial charge in [-0.15, -0.1) is 0 Å². The largest absolute Gasteiger partial charge is 0.497 e. The molecule has 72 valence electrons. The molecule has 0 amide bonds. The molecular formula is C11H11NO2. The van der Waals surface area contributed by atoms with E-state index in [9.17, 15) is 0 Å². The number of rotatable bonds is 4. The predicted molar refractivity (Wildman–Crippen MR) is 54.4 cm³/mol. The fourth-order valence-corrected chi connectivity index (χ4v) is 1.10. The first-order valence-corrected chi connectivity index (χ1v) is 4.38. The van der Waals surface area contributed by atoms with Crippen molar-refractivity contribution in [2.45, 2.75) is 6.61 Å². The summed E-state index contributed by atoms with van der Waals surface area (Å²) in [4.78, 5) is 3.91. The van der Waals surface area contributed by atoms with Crippen LogP contribution < -0.4 is 4.74 Å². The van der Waals surface area contributed by atoms with Gasteiger partial charge in [-0.25, -0.2) is 4.99 Å². The summed E-state index contributed by atoms with van der Waals surface area (Å²) in [5.41, 5.74) is 1.11. The second-order valence-corrected chi connectivity index (χ2v) is 2.92. The van der Waals surface area contributed by atoms with Crippen LogP contribution in [0.25, 0.3) is 0 Å². The smallest absolute Gasteiger partial charge is 0.215 e. The maximum atomic E-state index is 5.36. The Morgan fingerprint density at radius 1 is 1.21 bits per heavy atom. The number of aliphatic imine (C=N–C) groups is 1. The second-order valence-electron chi connectivity index (χ2n) is 2.92. The Morgan fingerprint density at radius 2 is 1.93 bits per heavy atom. The van der Waals surface area contributed by atoms with E-state index in [4.69, 9.17) is 9.47 Å². The molecule has 1 aromatic carbocycles. The Kier molecular flexibility index (Phi) is 2.49. The third-order valence-corrected chi connectivity index (χ3v) is 1.96. The third kappa shape index (κ3) is 1.93. The maximum Gasteiger partial charge on any atom is 0.215 e. The summed E-state index contributed by atoms with van der Waals surface area (Å²) in [6, 6.07) is 7.78. The first-order chi connectivity index (χ1) is 6.88. The molecule has 2 rings (SSSR count). The van der Waals surface area contributed by atoms with Gasteiger partial charge in [0.25, 0.3) is 0 Å². The molecule has 0 bridgehead atoms. The van der Waals surface area contributed by atoms with Crippen molar-refractivity contribution in [1.82, 2.24) is 0 Å². The highest BCUT2D eigenvalue weighted by Crippen LogP contribution is 2.14. The van der Waals surface area contributed by atoms with Crippen molar-refractivity contribution in [2.24, 2.45) is 4.99 Å². The molecule has 1 aromatic rings. The van der Waals surface area contributed by atoms with Gasteiger partial charge in [0.15, 0.2) is 0 Å². The van der Waals surface area contributed by atoms with Crippen molar-refractivity contribution in [1.29, 1.82) is 0 Å². The quantitative estimate of drug-likeness (QED) is 0.726. The van der Waals surface area contributed by atoms with Gasteiger partial charge < -0.3 is 9.47 Å². The van der Waals surface area contributed by atoms with E-state index in [1.165, 1.54) is 0 Å². The molecule has 0 fully saturated rings. The third-order valence-electron chi connectivity index (χ3n) is 1.96. The van der Waals surface area contributed by atoms with Gasteiger partial charge in [-0.05, 0) is 17.7 Å². The molecule has 3 heteroatoms. The van der Waals surface area contributed by atoms with Gasteiger partial charge in [0.2, 0.25) is 5.88 Å². The van der Waals surface area contributed by atoms with Crippen molar-refractivity contribution >= 4 is 6.21 Å². The first kappa shape index (κ1) is 8.81. The summed E-state index contributed by atoms with van der Waals surface area (Å²) in [6.45, 7) is 0.549. The van der Waals surface area contributed by atoms with Crippen LogP contribution in [0.2, 0.25) is 0 Å². The number of hydrogen-bond acceptors (Lipinski definition) is 3. The summed E-state index contributed by atoms with van der Waals surface area (Å²) in [5, 5.41) is 0. The lowest BCUT2D eigenvalue weighted by Crippen LogP contribution is -1.97. The Morgan fingerprint density at radius 3 is 2.43 bits per heavy atom. The highest BCUT2D eigenvalue weighted by molar-refractivity contribution is 5.78. The molecule has 14 heavy (non-hydrogen) atoms. The first-order valence-electron chi connectivity index (χ1n) is 4.38. The summed E-state index contributed by atoms with van der Waals surface area (Å²) < 4.78 is 10.4. The summed E-state index contributed by atoms with van der Waals surface area (Å²) in [6.07, 6.45) is 3.55. The van der Waals surface area contributed by atoms with Gasteiger partial charge >= 0.3 is 0 Å². The highest BCUT2D eigenvalue weighted by Gasteiger charge is 2.01. The monoisotopic (exact) mass is 189 g/mol. The van der Waals surface area contributed by atoms with Gasteiger partial charge in [0.1, 0.15) is 12.4 Å². The van der Waals surface area contributed by atoms with Crippen LogP contribution in [0.15, 0.2) is 41.2 Å². The summed E-state index contributed by atoms with van der Waals surface area (Å²) >= 11 is 0. The van der Waals surface area contributed by atoms with Crippen LogP contribution in [-0.4, -0.2) is 13.3 Å². The van der Waals surface area contributed by atoms with Gasteiger partial charge in [-0.3, -0.25) is 0 Å². The van der Waals surface area contributed by atoms with E-state index in [-0.39, 0.29) is 0 Å². The number of hydrogen-bond donors (Lipinski definition) is 0. The SMILES string of the molecule is COc1ccc(COC2=CC=N2)cc1. The van der Waals surface area contributed by atoms with Crippen LogP contribution in [0.1, 0.15) is 5.56 Å². The molecule has 0 N–H and O–H groups in total. The summed E-state index contributed by atoms with van der Waals surface area (Å²) in [7, 11) is 1.65. The minimum absolute atomic E-state index is 0.549. The van der Waals surface area contributed by atoms with Crippen LogP contribution in [0, 0.1) is 0 Å². The molecule has 1 heterocycles. The molecule has 0 spiro atoms. The van der Waals surface area contributed by atoms with Crippen LogP contribution in [0.3, 0.4) is 0 Å². The Balaban J connectivity index is 1.89. The second kappa shape index (κ2) is 3.96. The van der Waals surface area contributed by atoms with Crippen LogP contribution in [0.4, 0.5) is 0 Å².